The number of nitrogens with zero attached hydrogens (tertiary/aromatic N) is 6. The molecule has 34 heavy (non-hydrogen) atoms. The Bertz CT molecular complexity index is 1310. The van der Waals surface area contributed by atoms with Crippen molar-refractivity contribution in [1.82, 2.24) is 29.2 Å². The SMILES string of the molecule is C[C@@H](N1CCn2cc(-c3cccc(Cl)c3)nc2C1)[C@](O)(Cn1cncn1)c1ccc(F)cc1F. The van der Waals surface area contributed by atoms with Crippen molar-refractivity contribution in [2.45, 2.75) is 38.2 Å². The van der Waals surface area contributed by atoms with Gasteiger partial charge in [0, 0.05) is 47.5 Å². The monoisotopic (exact) mass is 484 g/mol. The van der Waals surface area contributed by atoms with Gasteiger partial charge in [0.25, 0.3) is 0 Å². The summed E-state index contributed by atoms with van der Waals surface area (Å²) in [6.07, 6.45) is 4.80. The molecule has 176 valence electrons. The van der Waals surface area contributed by atoms with Crippen molar-refractivity contribution >= 4 is 11.6 Å². The number of imidazole rings is 1. The summed E-state index contributed by atoms with van der Waals surface area (Å²) in [6.45, 7) is 3.50. The molecule has 1 aliphatic heterocycles. The first-order valence-electron chi connectivity index (χ1n) is 10.9. The Hall–Kier alpha value is -3.14. The lowest BCUT2D eigenvalue weighted by Crippen LogP contribution is -2.53. The zero-order valence-electron chi connectivity index (χ0n) is 18.4. The van der Waals surface area contributed by atoms with Gasteiger partial charge < -0.3 is 9.67 Å². The van der Waals surface area contributed by atoms with Crippen LogP contribution in [0.1, 0.15) is 18.3 Å². The largest absolute Gasteiger partial charge is 0.381 e. The summed E-state index contributed by atoms with van der Waals surface area (Å²) in [7, 11) is 0. The molecule has 0 saturated heterocycles. The molecular formula is C24H23ClF2N6O. The number of aromatic nitrogens is 5. The number of halogens is 3. The van der Waals surface area contributed by atoms with Crippen molar-refractivity contribution in [3.63, 3.8) is 0 Å². The molecule has 2 atom stereocenters. The van der Waals surface area contributed by atoms with Gasteiger partial charge in [-0.15, -0.1) is 0 Å². The van der Waals surface area contributed by atoms with E-state index in [4.69, 9.17) is 16.6 Å². The quantitative estimate of drug-likeness (QED) is 0.450. The van der Waals surface area contributed by atoms with Crippen molar-refractivity contribution in [3.05, 3.63) is 89.4 Å². The van der Waals surface area contributed by atoms with Crippen molar-refractivity contribution in [1.29, 1.82) is 0 Å². The molecule has 0 aliphatic carbocycles. The average Bonchev–Trinajstić information content (AvgIpc) is 3.47. The molecule has 4 aromatic rings. The van der Waals surface area contributed by atoms with Crippen LogP contribution in [0, 0.1) is 11.6 Å². The minimum atomic E-state index is -1.70. The Kier molecular flexibility index (Phi) is 5.93. The van der Waals surface area contributed by atoms with Crippen LogP contribution in [0.15, 0.2) is 61.3 Å². The number of fused-ring (bicyclic) bond motifs is 1. The van der Waals surface area contributed by atoms with Gasteiger partial charge in [-0.2, -0.15) is 5.10 Å². The Morgan fingerprint density at radius 3 is 2.76 bits per heavy atom. The Morgan fingerprint density at radius 2 is 2.03 bits per heavy atom. The zero-order valence-corrected chi connectivity index (χ0v) is 19.2. The maximum atomic E-state index is 14.9. The zero-order chi connectivity index (χ0) is 23.9. The van der Waals surface area contributed by atoms with Crippen molar-refractivity contribution in [2.75, 3.05) is 6.54 Å². The highest BCUT2D eigenvalue weighted by Crippen LogP contribution is 2.34. The molecule has 0 bridgehead atoms. The molecule has 0 saturated carbocycles. The van der Waals surface area contributed by atoms with Crippen LogP contribution in [0.3, 0.4) is 0 Å². The second-order valence-corrected chi connectivity index (χ2v) is 8.97. The predicted molar refractivity (Wildman–Crippen MR) is 123 cm³/mol. The lowest BCUT2D eigenvalue weighted by molar-refractivity contribution is -0.0709. The van der Waals surface area contributed by atoms with Crippen molar-refractivity contribution in [3.8, 4) is 11.3 Å². The fraction of sp³-hybridized carbons (Fsp3) is 0.292. The molecule has 2 aromatic carbocycles. The molecule has 1 N–H and O–H groups in total. The van der Waals surface area contributed by atoms with Gasteiger partial charge in [0.05, 0.1) is 18.8 Å². The minimum Gasteiger partial charge on any atom is -0.381 e. The van der Waals surface area contributed by atoms with Crippen LogP contribution in [0.25, 0.3) is 11.3 Å². The molecule has 0 radical (unpaired) electrons. The topological polar surface area (TPSA) is 72.0 Å². The van der Waals surface area contributed by atoms with Gasteiger partial charge in [-0.3, -0.25) is 4.90 Å². The molecule has 0 spiro atoms. The smallest absolute Gasteiger partial charge is 0.137 e. The first-order valence-corrected chi connectivity index (χ1v) is 11.3. The van der Waals surface area contributed by atoms with E-state index in [0.29, 0.717) is 24.7 Å². The summed E-state index contributed by atoms with van der Waals surface area (Å²) in [6, 6.07) is 10.2. The maximum absolute atomic E-state index is 14.9. The van der Waals surface area contributed by atoms with Gasteiger partial charge >= 0.3 is 0 Å². The molecule has 0 amide bonds. The van der Waals surface area contributed by atoms with E-state index in [-0.39, 0.29) is 12.1 Å². The highest BCUT2D eigenvalue weighted by atomic mass is 35.5. The molecule has 0 unspecified atom stereocenters. The summed E-state index contributed by atoms with van der Waals surface area (Å²) in [5.74, 6) is -0.683. The van der Waals surface area contributed by atoms with Gasteiger partial charge in [0.2, 0.25) is 0 Å². The Morgan fingerprint density at radius 1 is 1.18 bits per heavy atom. The van der Waals surface area contributed by atoms with Gasteiger partial charge in [-0.05, 0) is 25.1 Å². The van der Waals surface area contributed by atoms with Gasteiger partial charge in [-0.1, -0.05) is 29.8 Å². The molecular weight excluding hydrogens is 462 g/mol. The van der Waals surface area contributed by atoms with E-state index in [0.717, 1.165) is 29.2 Å². The van der Waals surface area contributed by atoms with Gasteiger partial charge in [0.15, 0.2) is 0 Å². The molecule has 3 heterocycles. The van der Waals surface area contributed by atoms with E-state index in [1.165, 1.54) is 23.4 Å². The normalized spacial score (nSPS) is 16.7. The number of hydrogen-bond donors (Lipinski definition) is 1. The second-order valence-electron chi connectivity index (χ2n) is 8.53. The van der Waals surface area contributed by atoms with E-state index >= 15 is 0 Å². The molecule has 5 rings (SSSR count). The Balaban J connectivity index is 1.46. The lowest BCUT2D eigenvalue weighted by atomic mass is 9.85. The average molecular weight is 485 g/mol. The number of benzene rings is 2. The summed E-state index contributed by atoms with van der Waals surface area (Å²) in [5.41, 5.74) is 0.0423. The molecule has 10 heteroatoms. The fourth-order valence-electron chi connectivity index (χ4n) is 4.53. The minimum absolute atomic E-state index is 0.00503. The number of hydrogen-bond acceptors (Lipinski definition) is 5. The van der Waals surface area contributed by atoms with Crippen LogP contribution in [0.5, 0.6) is 0 Å². The van der Waals surface area contributed by atoms with E-state index in [9.17, 15) is 13.9 Å². The molecule has 7 nitrogen and oxygen atoms in total. The fourth-order valence-corrected chi connectivity index (χ4v) is 4.72. The van der Waals surface area contributed by atoms with Crippen molar-refractivity contribution < 1.29 is 13.9 Å². The second kappa shape index (κ2) is 8.90. The first-order chi connectivity index (χ1) is 16.3. The summed E-state index contributed by atoms with van der Waals surface area (Å²) >= 11 is 6.14. The summed E-state index contributed by atoms with van der Waals surface area (Å²) in [5, 5.41) is 16.6. The van der Waals surface area contributed by atoms with E-state index in [1.807, 2.05) is 42.3 Å². The third kappa shape index (κ3) is 4.22. The Labute approximate surface area is 200 Å². The molecule has 0 fully saturated rings. The summed E-state index contributed by atoms with van der Waals surface area (Å²) < 4.78 is 32.0. The summed E-state index contributed by atoms with van der Waals surface area (Å²) in [4.78, 5) is 10.8. The van der Waals surface area contributed by atoms with Gasteiger partial charge in [-0.25, -0.2) is 23.4 Å². The van der Waals surface area contributed by atoms with Crippen LogP contribution >= 0.6 is 11.6 Å². The third-order valence-corrected chi connectivity index (χ3v) is 6.69. The third-order valence-electron chi connectivity index (χ3n) is 6.46. The number of rotatable bonds is 6. The van der Waals surface area contributed by atoms with Crippen LogP contribution in [0.2, 0.25) is 5.02 Å². The molecule has 2 aromatic heterocycles. The number of aliphatic hydroxyl groups is 1. The van der Waals surface area contributed by atoms with E-state index < -0.39 is 23.3 Å². The van der Waals surface area contributed by atoms with Crippen molar-refractivity contribution in [2.24, 2.45) is 0 Å². The first kappa shape index (κ1) is 22.6. The highest BCUT2D eigenvalue weighted by molar-refractivity contribution is 6.30. The predicted octanol–water partition coefficient (Wildman–Crippen LogP) is 3.87. The highest BCUT2D eigenvalue weighted by Gasteiger charge is 2.43. The van der Waals surface area contributed by atoms with Crippen LogP contribution in [0.4, 0.5) is 8.78 Å². The van der Waals surface area contributed by atoms with Crippen LogP contribution in [-0.2, 0) is 25.2 Å². The van der Waals surface area contributed by atoms with Crippen LogP contribution < -0.4 is 0 Å². The maximum Gasteiger partial charge on any atom is 0.137 e. The molecule has 1 aliphatic rings. The van der Waals surface area contributed by atoms with Gasteiger partial charge in [0.1, 0.15) is 35.7 Å². The standard InChI is InChI=1S/C24H23ClF2N6O/c1-16(24(34,13-33-15-28-14-29-33)20-6-5-19(26)10-21(20)27)31-7-8-32-11-22(30-23(32)12-31)17-3-2-4-18(25)9-17/h2-6,9-11,14-16,34H,7-8,12-13H2,1H3/t16-,24-/m1/s1. The van der Waals surface area contributed by atoms with E-state index in [1.54, 1.807) is 0 Å². The lowest BCUT2D eigenvalue weighted by Gasteiger charge is -2.42. The van der Waals surface area contributed by atoms with E-state index in [2.05, 4.69) is 14.6 Å². The van der Waals surface area contributed by atoms with Crippen LogP contribution in [-0.4, -0.2) is 46.9 Å².